The van der Waals surface area contributed by atoms with Gasteiger partial charge in [0.15, 0.2) is 0 Å². The van der Waals surface area contributed by atoms with Crippen LogP contribution >= 0.6 is 11.8 Å². The number of hydrogen-bond acceptors (Lipinski definition) is 5. The van der Waals surface area contributed by atoms with Crippen molar-refractivity contribution in [1.29, 1.82) is 0 Å². The maximum absolute atomic E-state index is 5.60. The maximum atomic E-state index is 5.60. The average molecular weight is 289 g/mol. The van der Waals surface area contributed by atoms with Gasteiger partial charge in [0.05, 0.1) is 6.61 Å². The molecule has 1 N–H and O–H groups in total. The largest absolute Gasteiger partial charge is 0.478 e. The lowest BCUT2D eigenvalue weighted by Crippen LogP contribution is -2.17. The Morgan fingerprint density at radius 3 is 2.85 bits per heavy atom. The Hall–Kier alpha value is -1.59. The van der Waals surface area contributed by atoms with Gasteiger partial charge in [0.1, 0.15) is 11.4 Å². The number of aromatic nitrogens is 2. The molecule has 0 bridgehead atoms. The molecule has 5 heteroatoms. The summed E-state index contributed by atoms with van der Waals surface area (Å²) >= 11 is 1.58. The van der Waals surface area contributed by atoms with E-state index < -0.39 is 0 Å². The Morgan fingerprint density at radius 2 is 2.05 bits per heavy atom. The van der Waals surface area contributed by atoms with E-state index in [2.05, 4.69) is 39.6 Å². The van der Waals surface area contributed by atoms with Crippen molar-refractivity contribution < 1.29 is 4.74 Å². The Balaban J connectivity index is 1.59. The molecule has 1 heterocycles. The van der Waals surface area contributed by atoms with Gasteiger partial charge in [0.25, 0.3) is 0 Å². The third-order valence-electron chi connectivity index (χ3n) is 2.75. The lowest BCUT2D eigenvalue weighted by atomic mass is 10.2. The highest BCUT2D eigenvalue weighted by Gasteiger charge is 1.98. The van der Waals surface area contributed by atoms with Gasteiger partial charge in [0, 0.05) is 12.6 Å². The monoisotopic (exact) mass is 289 g/mol. The number of benzene rings is 1. The SMILES string of the molecule is CSc1cc(OCCCNCc2ccccc2)ncn1. The molecule has 0 saturated heterocycles. The van der Waals surface area contributed by atoms with Crippen LogP contribution in [0.3, 0.4) is 0 Å². The minimum atomic E-state index is 0.646. The van der Waals surface area contributed by atoms with E-state index in [4.69, 9.17) is 4.74 Å². The highest BCUT2D eigenvalue weighted by molar-refractivity contribution is 7.98. The zero-order valence-electron chi connectivity index (χ0n) is 11.6. The van der Waals surface area contributed by atoms with Crippen molar-refractivity contribution in [3.63, 3.8) is 0 Å². The first-order valence-electron chi connectivity index (χ1n) is 6.62. The van der Waals surface area contributed by atoms with Gasteiger partial charge in [-0.1, -0.05) is 30.3 Å². The van der Waals surface area contributed by atoms with Gasteiger partial charge in [-0.25, -0.2) is 9.97 Å². The normalized spacial score (nSPS) is 10.4. The van der Waals surface area contributed by atoms with Gasteiger partial charge in [-0.2, -0.15) is 0 Å². The van der Waals surface area contributed by atoms with Crippen LogP contribution in [0.1, 0.15) is 12.0 Å². The minimum absolute atomic E-state index is 0.646. The number of rotatable bonds is 8. The van der Waals surface area contributed by atoms with Gasteiger partial charge in [-0.15, -0.1) is 11.8 Å². The van der Waals surface area contributed by atoms with E-state index in [9.17, 15) is 0 Å². The molecular formula is C15H19N3OS. The smallest absolute Gasteiger partial charge is 0.217 e. The zero-order chi connectivity index (χ0) is 14.0. The van der Waals surface area contributed by atoms with Crippen molar-refractivity contribution in [3.05, 3.63) is 48.3 Å². The van der Waals surface area contributed by atoms with Crippen molar-refractivity contribution in [2.75, 3.05) is 19.4 Å². The standard InChI is InChI=1S/C15H19N3OS/c1-20-15-10-14(17-12-18-15)19-9-5-8-16-11-13-6-3-2-4-7-13/h2-4,6-7,10,12,16H,5,8-9,11H2,1H3. The second-order valence-electron chi connectivity index (χ2n) is 4.26. The summed E-state index contributed by atoms with van der Waals surface area (Å²) in [5.41, 5.74) is 1.30. The molecule has 0 spiro atoms. The van der Waals surface area contributed by atoms with E-state index in [0.29, 0.717) is 12.5 Å². The van der Waals surface area contributed by atoms with Crippen molar-refractivity contribution in [2.24, 2.45) is 0 Å². The van der Waals surface area contributed by atoms with Crippen LogP contribution in [0.15, 0.2) is 47.8 Å². The molecule has 0 radical (unpaired) electrons. The van der Waals surface area contributed by atoms with Crippen molar-refractivity contribution in [1.82, 2.24) is 15.3 Å². The first-order valence-corrected chi connectivity index (χ1v) is 7.84. The highest BCUT2D eigenvalue weighted by Crippen LogP contribution is 2.15. The third kappa shape index (κ3) is 5.19. The van der Waals surface area contributed by atoms with Crippen molar-refractivity contribution in [3.8, 4) is 5.88 Å². The number of ether oxygens (including phenoxy) is 1. The van der Waals surface area contributed by atoms with Crippen LogP contribution in [-0.2, 0) is 6.54 Å². The van der Waals surface area contributed by atoms with Crippen LogP contribution in [-0.4, -0.2) is 29.4 Å². The summed E-state index contributed by atoms with van der Waals surface area (Å²) in [6, 6.07) is 12.2. The van der Waals surface area contributed by atoms with Crippen molar-refractivity contribution >= 4 is 11.8 Å². The Bertz CT molecular complexity index is 507. The third-order valence-corrected chi connectivity index (χ3v) is 3.39. The molecule has 0 fully saturated rings. The lowest BCUT2D eigenvalue weighted by molar-refractivity contribution is 0.295. The average Bonchev–Trinajstić information content (AvgIpc) is 2.52. The van der Waals surface area contributed by atoms with Gasteiger partial charge in [-0.05, 0) is 24.8 Å². The van der Waals surface area contributed by atoms with Crippen LogP contribution < -0.4 is 10.1 Å². The zero-order valence-corrected chi connectivity index (χ0v) is 12.4. The summed E-state index contributed by atoms with van der Waals surface area (Å²) in [5, 5.41) is 4.32. The summed E-state index contributed by atoms with van der Waals surface area (Å²) in [7, 11) is 0. The summed E-state index contributed by atoms with van der Waals surface area (Å²) < 4.78 is 5.60. The molecule has 0 atom stereocenters. The first kappa shape index (κ1) is 14.8. The van der Waals surface area contributed by atoms with E-state index in [1.165, 1.54) is 11.9 Å². The second kappa shape index (κ2) is 8.55. The molecule has 1 aromatic heterocycles. The molecule has 2 rings (SSSR count). The molecule has 106 valence electrons. The fourth-order valence-corrected chi connectivity index (χ4v) is 2.09. The van der Waals surface area contributed by atoms with Gasteiger partial charge in [0.2, 0.25) is 5.88 Å². The molecule has 4 nitrogen and oxygen atoms in total. The van der Waals surface area contributed by atoms with Crippen LogP contribution in [0.25, 0.3) is 0 Å². The maximum Gasteiger partial charge on any atom is 0.217 e. The van der Waals surface area contributed by atoms with Crippen LogP contribution in [0.2, 0.25) is 0 Å². The Morgan fingerprint density at radius 1 is 1.20 bits per heavy atom. The molecule has 0 saturated carbocycles. The second-order valence-corrected chi connectivity index (χ2v) is 5.09. The topological polar surface area (TPSA) is 47.0 Å². The van der Waals surface area contributed by atoms with E-state index >= 15 is 0 Å². The molecule has 2 aromatic rings. The molecular weight excluding hydrogens is 270 g/mol. The lowest BCUT2D eigenvalue weighted by Gasteiger charge is -2.07. The van der Waals surface area contributed by atoms with Crippen LogP contribution in [0.5, 0.6) is 5.88 Å². The predicted molar refractivity (Wildman–Crippen MR) is 82.1 cm³/mol. The van der Waals surface area contributed by atoms with Gasteiger partial charge < -0.3 is 10.1 Å². The number of hydrogen-bond donors (Lipinski definition) is 1. The quantitative estimate of drug-likeness (QED) is 0.460. The minimum Gasteiger partial charge on any atom is -0.478 e. The Labute approximate surface area is 124 Å². The fraction of sp³-hybridized carbons (Fsp3) is 0.333. The fourth-order valence-electron chi connectivity index (χ4n) is 1.72. The number of nitrogens with zero attached hydrogens (tertiary/aromatic N) is 2. The molecule has 0 unspecified atom stereocenters. The number of nitrogens with one attached hydrogen (secondary N) is 1. The van der Waals surface area contributed by atoms with Gasteiger partial charge in [-0.3, -0.25) is 0 Å². The molecule has 20 heavy (non-hydrogen) atoms. The molecule has 0 aliphatic heterocycles. The highest BCUT2D eigenvalue weighted by atomic mass is 32.2. The summed E-state index contributed by atoms with van der Waals surface area (Å²) in [6.07, 6.45) is 4.47. The first-order chi connectivity index (χ1) is 9.88. The molecule has 0 aliphatic rings. The van der Waals surface area contributed by atoms with Crippen LogP contribution in [0.4, 0.5) is 0 Å². The van der Waals surface area contributed by atoms with Gasteiger partial charge >= 0.3 is 0 Å². The Kier molecular flexibility index (Phi) is 6.34. The van der Waals surface area contributed by atoms with E-state index in [-0.39, 0.29) is 0 Å². The molecule has 0 aliphatic carbocycles. The molecule has 1 aromatic carbocycles. The van der Waals surface area contributed by atoms with E-state index in [1.54, 1.807) is 11.8 Å². The summed E-state index contributed by atoms with van der Waals surface area (Å²) in [5.74, 6) is 0.646. The summed E-state index contributed by atoms with van der Waals surface area (Å²) in [4.78, 5) is 8.19. The molecule has 0 amide bonds. The van der Waals surface area contributed by atoms with E-state index in [1.807, 2.05) is 18.4 Å². The van der Waals surface area contributed by atoms with Crippen molar-refractivity contribution in [2.45, 2.75) is 18.0 Å². The van der Waals surface area contributed by atoms with E-state index in [0.717, 1.165) is 24.5 Å². The van der Waals surface area contributed by atoms with Crippen LogP contribution in [0, 0.1) is 0 Å². The predicted octanol–water partition coefficient (Wildman–Crippen LogP) is 2.76. The number of thioether (sulfide) groups is 1. The summed E-state index contributed by atoms with van der Waals surface area (Å²) in [6.45, 7) is 2.48.